The Hall–Kier alpha value is -3.30. The van der Waals surface area contributed by atoms with Crippen LogP contribution in [0.15, 0.2) is 48.9 Å². The first kappa shape index (κ1) is 20.0. The summed E-state index contributed by atoms with van der Waals surface area (Å²) in [5.74, 6) is 7.46. The van der Waals surface area contributed by atoms with Crippen LogP contribution in [0.4, 0.5) is 5.82 Å². The van der Waals surface area contributed by atoms with Crippen molar-refractivity contribution in [3.05, 3.63) is 60.0 Å². The van der Waals surface area contributed by atoms with Crippen molar-refractivity contribution >= 4 is 5.82 Å². The summed E-state index contributed by atoms with van der Waals surface area (Å²) < 4.78 is 7.94. The van der Waals surface area contributed by atoms with Gasteiger partial charge < -0.3 is 15.6 Å². The maximum Gasteiger partial charge on any atom is 0.166 e. The smallest absolute Gasteiger partial charge is 0.166 e. The first-order valence-corrected chi connectivity index (χ1v) is 10.1. The van der Waals surface area contributed by atoms with Crippen molar-refractivity contribution in [1.29, 1.82) is 0 Å². The highest BCUT2D eigenvalue weighted by atomic mass is 16.5. The minimum absolute atomic E-state index is 0.342. The predicted octanol–water partition coefficient (Wildman–Crippen LogP) is 3.64. The number of aliphatic hydroxyl groups is 1. The number of nitrogen functional groups attached to an aromatic ring is 1. The lowest BCUT2D eigenvalue weighted by Crippen LogP contribution is -2.14. The highest BCUT2D eigenvalue weighted by Gasteiger charge is 2.22. The molecule has 0 radical (unpaired) electrons. The average molecular weight is 402 g/mol. The molecule has 30 heavy (non-hydrogen) atoms. The van der Waals surface area contributed by atoms with Crippen LogP contribution >= 0.6 is 0 Å². The van der Waals surface area contributed by atoms with Gasteiger partial charge in [0.05, 0.1) is 6.20 Å². The minimum atomic E-state index is -1.03. The standard InChI is InChI=1S/C24H26N4O2/c1-24(2,29)9-8-17-4-3-5-19(10-17)16-30-22-11-20(12-26-23(22)25)21-13-27-28(15-21)14-18-6-7-18/h3-5,10-13,15,18,29H,6-7,14,16H2,1-2H3,(H2,25,26). The van der Waals surface area contributed by atoms with Gasteiger partial charge in [-0.15, -0.1) is 0 Å². The van der Waals surface area contributed by atoms with E-state index in [1.165, 1.54) is 12.8 Å². The van der Waals surface area contributed by atoms with Crippen LogP contribution in [0.5, 0.6) is 5.75 Å². The molecule has 3 N–H and O–H groups in total. The van der Waals surface area contributed by atoms with Crippen molar-refractivity contribution in [1.82, 2.24) is 14.8 Å². The highest BCUT2D eigenvalue weighted by Crippen LogP contribution is 2.31. The molecule has 2 aromatic heterocycles. The Bertz CT molecular complexity index is 1100. The van der Waals surface area contributed by atoms with E-state index in [4.69, 9.17) is 10.5 Å². The highest BCUT2D eigenvalue weighted by molar-refractivity contribution is 5.65. The molecule has 3 aromatic rings. The van der Waals surface area contributed by atoms with E-state index in [0.717, 1.165) is 34.7 Å². The summed E-state index contributed by atoms with van der Waals surface area (Å²) >= 11 is 0. The van der Waals surface area contributed by atoms with E-state index in [0.29, 0.717) is 18.2 Å². The summed E-state index contributed by atoms with van der Waals surface area (Å²) in [6, 6.07) is 9.62. The van der Waals surface area contributed by atoms with E-state index >= 15 is 0 Å². The van der Waals surface area contributed by atoms with Gasteiger partial charge in [-0.3, -0.25) is 4.68 Å². The molecular weight excluding hydrogens is 376 g/mol. The van der Waals surface area contributed by atoms with Crippen molar-refractivity contribution in [2.45, 2.75) is 45.4 Å². The van der Waals surface area contributed by atoms with Crippen molar-refractivity contribution in [2.75, 3.05) is 5.73 Å². The number of hydrogen-bond acceptors (Lipinski definition) is 5. The molecule has 0 saturated heterocycles. The normalized spacial score (nSPS) is 13.6. The fourth-order valence-corrected chi connectivity index (χ4v) is 3.03. The molecule has 6 nitrogen and oxygen atoms in total. The predicted molar refractivity (Wildman–Crippen MR) is 117 cm³/mol. The zero-order chi connectivity index (χ0) is 21.1. The van der Waals surface area contributed by atoms with Gasteiger partial charge in [-0.2, -0.15) is 5.10 Å². The molecule has 154 valence electrons. The average Bonchev–Trinajstić information content (AvgIpc) is 3.40. The number of anilines is 1. The van der Waals surface area contributed by atoms with Crippen molar-refractivity contribution in [3.63, 3.8) is 0 Å². The van der Waals surface area contributed by atoms with Gasteiger partial charge in [-0.1, -0.05) is 24.0 Å². The van der Waals surface area contributed by atoms with Gasteiger partial charge >= 0.3 is 0 Å². The van der Waals surface area contributed by atoms with Crippen LogP contribution in [0.2, 0.25) is 0 Å². The molecule has 4 rings (SSSR count). The molecule has 1 aliphatic carbocycles. The number of ether oxygens (including phenoxy) is 1. The second-order valence-corrected chi connectivity index (χ2v) is 8.30. The van der Waals surface area contributed by atoms with E-state index in [-0.39, 0.29) is 0 Å². The molecular formula is C24H26N4O2. The Morgan fingerprint density at radius 2 is 2.07 bits per heavy atom. The van der Waals surface area contributed by atoms with Crippen LogP contribution in [-0.4, -0.2) is 25.5 Å². The maximum absolute atomic E-state index is 9.77. The van der Waals surface area contributed by atoms with E-state index in [2.05, 4.69) is 21.9 Å². The Kier molecular flexibility index (Phi) is 5.47. The van der Waals surface area contributed by atoms with Crippen LogP contribution in [0.25, 0.3) is 11.1 Å². The van der Waals surface area contributed by atoms with E-state index in [1.54, 1.807) is 20.0 Å². The van der Waals surface area contributed by atoms with Gasteiger partial charge in [0, 0.05) is 35.6 Å². The lowest BCUT2D eigenvalue weighted by atomic mass is 10.1. The second-order valence-electron chi connectivity index (χ2n) is 8.30. The minimum Gasteiger partial charge on any atom is -0.485 e. The van der Waals surface area contributed by atoms with Crippen molar-refractivity contribution < 1.29 is 9.84 Å². The second kappa shape index (κ2) is 8.21. The molecule has 0 atom stereocenters. The van der Waals surface area contributed by atoms with Crippen molar-refractivity contribution in [2.24, 2.45) is 5.92 Å². The third-order valence-corrected chi connectivity index (χ3v) is 4.82. The van der Waals surface area contributed by atoms with Gasteiger partial charge in [0.1, 0.15) is 12.2 Å². The molecule has 0 bridgehead atoms. The van der Waals surface area contributed by atoms with Crippen LogP contribution in [0.1, 0.15) is 37.8 Å². The fraction of sp³-hybridized carbons (Fsp3) is 0.333. The first-order valence-electron chi connectivity index (χ1n) is 10.1. The lowest BCUT2D eigenvalue weighted by molar-refractivity contribution is 0.143. The van der Waals surface area contributed by atoms with Gasteiger partial charge in [0.25, 0.3) is 0 Å². The van der Waals surface area contributed by atoms with E-state index < -0.39 is 5.60 Å². The molecule has 6 heteroatoms. The van der Waals surface area contributed by atoms with Gasteiger partial charge in [-0.25, -0.2) is 4.98 Å². The van der Waals surface area contributed by atoms with Crippen molar-refractivity contribution in [3.8, 4) is 28.7 Å². The molecule has 1 aliphatic rings. The summed E-state index contributed by atoms with van der Waals surface area (Å²) in [5.41, 5.74) is 8.70. The third-order valence-electron chi connectivity index (χ3n) is 4.82. The van der Waals surface area contributed by atoms with E-state index in [1.807, 2.05) is 47.4 Å². The summed E-state index contributed by atoms with van der Waals surface area (Å²) in [7, 11) is 0. The Morgan fingerprint density at radius 3 is 2.83 bits per heavy atom. The van der Waals surface area contributed by atoms with Crippen LogP contribution < -0.4 is 10.5 Å². The first-order chi connectivity index (χ1) is 14.4. The molecule has 1 aromatic carbocycles. The maximum atomic E-state index is 9.77. The number of aromatic nitrogens is 3. The van der Waals surface area contributed by atoms with Gasteiger partial charge in [0.2, 0.25) is 0 Å². The topological polar surface area (TPSA) is 86.2 Å². The number of pyridine rings is 1. The van der Waals surface area contributed by atoms with Gasteiger partial charge in [0.15, 0.2) is 11.6 Å². The number of rotatable bonds is 6. The monoisotopic (exact) mass is 402 g/mol. The molecule has 0 unspecified atom stereocenters. The molecule has 0 spiro atoms. The lowest BCUT2D eigenvalue weighted by Gasteiger charge is -2.10. The molecule has 2 heterocycles. The van der Waals surface area contributed by atoms with Crippen LogP contribution in [0.3, 0.4) is 0 Å². The van der Waals surface area contributed by atoms with Crippen LogP contribution in [-0.2, 0) is 13.2 Å². The summed E-state index contributed by atoms with van der Waals surface area (Å²) in [4.78, 5) is 4.29. The summed E-state index contributed by atoms with van der Waals surface area (Å²) in [5, 5.41) is 14.2. The fourth-order valence-electron chi connectivity index (χ4n) is 3.03. The molecule has 1 fully saturated rings. The largest absolute Gasteiger partial charge is 0.485 e. The van der Waals surface area contributed by atoms with Gasteiger partial charge in [-0.05, 0) is 56.4 Å². The quantitative estimate of drug-likeness (QED) is 0.615. The molecule has 0 aliphatic heterocycles. The summed E-state index contributed by atoms with van der Waals surface area (Å²) in [6.07, 6.45) is 8.22. The Balaban J connectivity index is 1.46. The zero-order valence-corrected chi connectivity index (χ0v) is 17.3. The van der Waals surface area contributed by atoms with E-state index in [9.17, 15) is 5.11 Å². The number of benzene rings is 1. The Morgan fingerprint density at radius 1 is 1.23 bits per heavy atom. The number of hydrogen-bond donors (Lipinski definition) is 2. The molecule has 1 saturated carbocycles. The number of nitrogens with two attached hydrogens (primary N) is 1. The zero-order valence-electron chi connectivity index (χ0n) is 17.3. The van der Waals surface area contributed by atoms with Crippen LogP contribution in [0, 0.1) is 17.8 Å². The number of nitrogens with zero attached hydrogens (tertiary/aromatic N) is 3. The third kappa shape index (κ3) is 5.40. The SMILES string of the molecule is CC(C)(O)C#Cc1cccc(COc2cc(-c3cnn(CC4CC4)c3)cnc2N)c1. The molecule has 0 amide bonds. The summed E-state index contributed by atoms with van der Waals surface area (Å²) in [6.45, 7) is 4.63. The Labute approximate surface area is 176 Å².